The topological polar surface area (TPSA) is 160 Å². The zero-order valence-electron chi connectivity index (χ0n) is 22.5. The minimum Gasteiger partial charge on any atom is -0.492 e. The zero-order chi connectivity index (χ0) is 28.6. The minimum atomic E-state index is -4.02. The molecule has 3 aromatic heterocycles. The van der Waals surface area contributed by atoms with E-state index in [1.165, 1.54) is 12.4 Å². The monoisotopic (exact) mass is 572 g/mol. The number of nitrogens with two attached hydrogens (primary N) is 1. The largest absolute Gasteiger partial charge is 0.492 e. The number of nitrogens with one attached hydrogen (secondary N) is 1. The molecule has 0 atom stereocenters. The van der Waals surface area contributed by atoms with Crippen molar-refractivity contribution in [3.63, 3.8) is 0 Å². The maximum atomic E-state index is 12.2. The first-order chi connectivity index (χ1) is 19.7. The molecule has 0 amide bonds. The molecule has 3 N–H and O–H groups in total. The highest BCUT2D eigenvalue weighted by atomic mass is 32.2. The van der Waals surface area contributed by atoms with Gasteiger partial charge in [-0.05, 0) is 74.7 Å². The lowest BCUT2D eigenvalue weighted by Gasteiger charge is -2.16. The SMILES string of the molecule is CCOc1ccc(-c2ccc3nc(NCc4ccc(-n5cncn5)cc4)nc(OC4(C)CC4)c3n2)cc1S(N)(=O)=O. The number of sulfonamides is 1. The molecule has 13 heteroatoms. The number of primary sulfonamides is 1. The second-order valence-electron chi connectivity index (χ2n) is 9.97. The van der Waals surface area contributed by atoms with Gasteiger partial charge in [0.2, 0.25) is 21.9 Å². The molecule has 5 aromatic rings. The van der Waals surface area contributed by atoms with Gasteiger partial charge in [-0.1, -0.05) is 12.1 Å². The molecule has 0 unspecified atom stereocenters. The molecular weight excluding hydrogens is 544 g/mol. The third-order valence-electron chi connectivity index (χ3n) is 6.72. The third kappa shape index (κ3) is 5.81. The molecule has 1 aliphatic carbocycles. The summed E-state index contributed by atoms with van der Waals surface area (Å²) in [5.41, 5.74) is 3.77. The normalized spacial score (nSPS) is 14.1. The fourth-order valence-electron chi connectivity index (χ4n) is 4.26. The molecule has 0 radical (unpaired) electrons. The van der Waals surface area contributed by atoms with Crippen molar-refractivity contribution < 1.29 is 17.9 Å². The van der Waals surface area contributed by atoms with Crippen LogP contribution in [0.5, 0.6) is 11.6 Å². The smallest absolute Gasteiger partial charge is 0.246 e. The Morgan fingerprint density at radius 2 is 1.85 bits per heavy atom. The van der Waals surface area contributed by atoms with Crippen LogP contribution in [-0.4, -0.2) is 50.3 Å². The van der Waals surface area contributed by atoms with E-state index in [1.807, 2.05) is 37.3 Å². The van der Waals surface area contributed by atoms with Crippen molar-refractivity contribution in [1.29, 1.82) is 0 Å². The molecule has 1 fully saturated rings. The molecule has 41 heavy (non-hydrogen) atoms. The Bertz CT molecular complexity index is 1820. The first-order valence-electron chi connectivity index (χ1n) is 13.1. The number of aromatic nitrogens is 6. The van der Waals surface area contributed by atoms with E-state index in [0.29, 0.717) is 47.3 Å². The fourth-order valence-corrected chi connectivity index (χ4v) is 4.96. The third-order valence-corrected chi connectivity index (χ3v) is 7.66. The first kappa shape index (κ1) is 26.6. The Balaban J connectivity index is 1.31. The van der Waals surface area contributed by atoms with E-state index in [2.05, 4.69) is 25.4 Å². The van der Waals surface area contributed by atoms with Gasteiger partial charge in [-0.2, -0.15) is 10.1 Å². The molecule has 0 spiro atoms. The van der Waals surface area contributed by atoms with Crippen LogP contribution in [0.1, 0.15) is 32.3 Å². The number of pyridine rings is 1. The summed E-state index contributed by atoms with van der Waals surface area (Å²) in [6.07, 6.45) is 4.96. The van der Waals surface area contributed by atoms with Crippen molar-refractivity contribution in [2.24, 2.45) is 5.14 Å². The van der Waals surface area contributed by atoms with Crippen LogP contribution in [-0.2, 0) is 16.6 Å². The van der Waals surface area contributed by atoms with Crippen molar-refractivity contribution >= 4 is 27.0 Å². The maximum absolute atomic E-state index is 12.2. The van der Waals surface area contributed by atoms with Crippen LogP contribution in [0.15, 0.2) is 72.1 Å². The van der Waals surface area contributed by atoms with Gasteiger partial charge in [0.25, 0.3) is 0 Å². The Labute approximate surface area is 236 Å². The van der Waals surface area contributed by atoms with Gasteiger partial charge in [-0.25, -0.2) is 33.2 Å². The molecule has 2 aromatic carbocycles. The standard InChI is InChI=1S/C28H28N8O4S/c1-3-39-23-11-6-19(14-24(23)41(29,37)38)21-9-10-22-25(33-21)26(40-28(2)12-13-28)35-27(34-22)31-15-18-4-7-20(8-5-18)36-17-30-16-32-36/h4-11,14,16-17H,3,12-13,15H2,1-2H3,(H2,29,37,38)(H,31,34,35). The Morgan fingerprint density at radius 3 is 2.54 bits per heavy atom. The Hall–Kier alpha value is -4.62. The van der Waals surface area contributed by atoms with Gasteiger partial charge in [0.05, 0.1) is 23.5 Å². The molecule has 0 bridgehead atoms. The van der Waals surface area contributed by atoms with E-state index in [9.17, 15) is 8.42 Å². The number of fused-ring (bicyclic) bond motifs is 1. The van der Waals surface area contributed by atoms with Crippen molar-refractivity contribution in [2.45, 2.75) is 43.7 Å². The molecule has 6 rings (SSSR count). The van der Waals surface area contributed by atoms with Gasteiger partial charge in [-0.3, -0.25) is 0 Å². The predicted octanol–water partition coefficient (Wildman–Crippen LogP) is 3.86. The summed E-state index contributed by atoms with van der Waals surface area (Å²) >= 11 is 0. The number of anilines is 1. The van der Waals surface area contributed by atoms with E-state index in [1.54, 1.807) is 36.1 Å². The summed E-state index contributed by atoms with van der Waals surface area (Å²) in [5, 5.41) is 12.9. The van der Waals surface area contributed by atoms with Crippen molar-refractivity contribution in [3.05, 3.63) is 72.8 Å². The number of nitrogens with zero attached hydrogens (tertiary/aromatic N) is 6. The second kappa shape index (κ2) is 10.4. The number of ether oxygens (including phenoxy) is 2. The zero-order valence-corrected chi connectivity index (χ0v) is 23.3. The van der Waals surface area contributed by atoms with Gasteiger partial charge in [0.15, 0.2) is 5.52 Å². The molecule has 210 valence electrons. The first-order valence-corrected chi connectivity index (χ1v) is 14.6. The van der Waals surface area contributed by atoms with E-state index in [0.717, 1.165) is 24.1 Å². The molecule has 0 saturated heterocycles. The molecule has 3 heterocycles. The number of hydrogen-bond acceptors (Lipinski definition) is 10. The second-order valence-corrected chi connectivity index (χ2v) is 11.5. The summed E-state index contributed by atoms with van der Waals surface area (Å²) < 4.78 is 37.9. The quantitative estimate of drug-likeness (QED) is 0.251. The Morgan fingerprint density at radius 1 is 1.05 bits per heavy atom. The number of rotatable bonds is 10. The average Bonchev–Trinajstić information content (AvgIpc) is 3.43. The minimum absolute atomic E-state index is 0.106. The van der Waals surface area contributed by atoms with Crippen LogP contribution in [0.3, 0.4) is 0 Å². The van der Waals surface area contributed by atoms with Gasteiger partial charge in [-0.15, -0.1) is 0 Å². The lowest BCUT2D eigenvalue weighted by molar-refractivity contribution is 0.194. The summed E-state index contributed by atoms with van der Waals surface area (Å²) in [6, 6.07) is 16.3. The van der Waals surface area contributed by atoms with E-state index < -0.39 is 10.0 Å². The number of hydrogen-bond donors (Lipinski definition) is 2. The van der Waals surface area contributed by atoms with Gasteiger partial charge in [0.1, 0.15) is 28.9 Å². The molecule has 0 aliphatic heterocycles. The van der Waals surface area contributed by atoms with Crippen LogP contribution in [0, 0.1) is 0 Å². The number of benzene rings is 2. The van der Waals surface area contributed by atoms with Crippen LogP contribution in [0.2, 0.25) is 0 Å². The summed E-state index contributed by atoms with van der Waals surface area (Å²) in [5.74, 6) is 0.958. The van der Waals surface area contributed by atoms with E-state index in [-0.39, 0.29) is 16.2 Å². The molecule has 12 nitrogen and oxygen atoms in total. The van der Waals surface area contributed by atoms with Crippen LogP contribution < -0.4 is 19.9 Å². The maximum Gasteiger partial charge on any atom is 0.246 e. The highest BCUT2D eigenvalue weighted by Gasteiger charge is 2.41. The molecular formula is C28H28N8O4S. The Kier molecular flexibility index (Phi) is 6.75. The van der Waals surface area contributed by atoms with Crippen LogP contribution in [0.25, 0.3) is 28.0 Å². The van der Waals surface area contributed by atoms with Crippen molar-refractivity contribution in [1.82, 2.24) is 29.7 Å². The molecule has 1 saturated carbocycles. The summed E-state index contributed by atoms with van der Waals surface area (Å²) in [4.78, 5) is 18.0. The van der Waals surface area contributed by atoms with Gasteiger partial charge >= 0.3 is 0 Å². The van der Waals surface area contributed by atoms with Gasteiger partial charge < -0.3 is 14.8 Å². The van der Waals surface area contributed by atoms with Crippen LogP contribution >= 0.6 is 0 Å². The summed E-state index contributed by atoms with van der Waals surface area (Å²) in [7, 11) is -4.02. The van der Waals surface area contributed by atoms with Crippen molar-refractivity contribution in [3.8, 4) is 28.6 Å². The van der Waals surface area contributed by atoms with E-state index in [4.69, 9.17) is 19.6 Å². The van der Waals surface area contributed by atoms with Crippen LogP contribution in [0.4, 0.5) is 5.95 Å². The van der Waals surface area contributed by atoms with Gasteiger partial charge in [0, 0.05) is 12.1 Å². The van der Waals surface area contributed by atoms with E-state index >= 15 is 0 Å². The lowest BCUT2D eigenvalue weighted by atomic mass is 10.1. The fraction of sp³-hybridized carbons (Fsp3) is 0.250. The highest BCUT2D eigenvalue weighted by molar-refractivity contribution is 7.89. The predicted molar refractivity (Wildman–Crippen MR) is 152 cm³/mol. The highest BCUT2D eigenvalue weighted by Crippen LogP contribution is 2.41. The lowest BCUT2D eigenvalue weighted by Crippen LogP contribution is -2.15. The molecule has 1 aliphatic rings. The van der Waals surface area contributed by atoms with Crippen molar-refractivity contribution in [2.75, 3.05) is 11.9 Å². The summed E-state index contributed by atoms with van der Waals surface area (Å²) in [6.45, 7) is 4.60. The average molecular weight is 573 g/mol.